The number of hydrogen-bond donors (Lipinski definition) is 0. The zero-order valence-corrected chi connectivity index (χ0v) is 11.6. The van der Waals surface area contributed by atoms with Crippen LogP contribution in [0.4, 0.5) is 0 Å². The second-order valence-corrected chi connectivity index (χ2v) is 6.41. The lowest BCUT2D eigenvalue weighted by atomic mass is 9.48. The van der Waals surface area contributed by atoms with E-state index in [0.717, 1.165) is 17.5 Å². The molecule has 2 heteroatoms. The molecule has 3 aliphatic rings. The highest BCUT2D eigenvalue weighted by atomic mass is 16.6. The molecule has 4 atom stereocenters. The van der Waals surface area contributed by atoms with Gasteiger partial charge in [-0.15, -0.1) is 0 Å². The summed E-state index contributed by atoms with van der Waals surface area (Å²) in [5.41, 5.74) is 1.76. The van der Waals surface area contributed by atoms with Crippen molar-refractivity contribution in [2.75, 3.05) is 0 Å². The van der Waals surface area contributed by atoms with Crippen LogP contribution in [0.3, 0.4) is 0 Å². The number of hydrogen-bond acceptors (Lipinski definition) is 2. The minimum Gasteiger partial charge on any atom is -0.369 e. The Labute approximate surface area is 123 Å². The standard InChI is InChI=1S/C19H16O2/c20-18-14-11-15-17(21-15)16(14)19(18,12-7-3-1-4-8-12)13-9-5-2-6-10-13/h1-10,14-17H,11H2/t14-,15+,16-,17+/m1/s1. The molecule has 2 saturated carbocycles. The SMILES string of the molecule is O=C1[C@@H]2C[C@@H]3O[C@@H]3[C@@H]2C1(c1ccccc1)c1ccccc1. The smallest absolute Gasteiger partial charge is 0.151 e. The molecule has 0 bridgehead atoms. The van der Waals surface area contributed by atoms with Crippen LogP contribution in [0.2, 0.25) is 0 Å². The fourth-order valence-electron chi connectivity index (χ4n) is 4.70. The average molecular weight is 276 g/mol. The molecule has 0 N–H and O–H groups in total. The quantitative estimate of drug-likeness (QED) is 0.789. The van der Waals surface area contributed by atoms with Crippen molar-refractivity contribution in [1.82, 2.24) is 0 Å². The first-order valence-corrected chi connectivity index (χ1v) is 7.64. The fraction of sp³-hybridized carbons (Fsp3) is 0.316. The zero-order chi connectivity index (χ0) is 14.0. The van der Waals surface area contributed by atoms with Gasteiger partial charge in [-0.25, -0.2) is 0 Å². The van der Waals surface area contributed by atoms with Crippen molar-refractivity contribution >= 4 is 5.78 Å². The maximum Gasteiger partial charge on any atom is 0.151 e. The summed E-state index contributed by atoms with van der Waals surface area (Å²) < 4.78 is 5.78. The Balaban J connectivity index is 1.74. The van der Waals surface area contributed by atoms with Crippen LogP contribution in [0.1, 0.15) is 17.5 Å². The molecule has 1 aliphatic heterocycles. The van der Waals surface area contributed by atoms with Gasteiger partial charge in [-0.3, -0.25) is 4.79 Å². The van der Waals surface area contributed by atoms with Gasteiger partial charge in [0.15, 0.2) is 5.78 Å². The van der Waals surface area contributed by atoms with Crippen molar-refractivity contribution in [2.24, 2.45) is 11.8 Å². The molecule has 0 amide bonds. The predicted octanol–water partition coefficient (Wildman–Crippen LogP) is 2.96. The van der Waals surface area contributed by atoms with E-state index in [-0.39, 0.29) is 12.0 Å². The molecule has 1 saturated heterocycles. The normalized spacial score (nSPS) is 34.8. The van der Waals surface area contributed by atoms with E-state index in [1.165, 1.54) is 0 Å². The van der Waals surface area contributed by atoms with Crippen molar-refractivity contribution in [3.63, 3.8) is 0 Å². The second-order valence-electron chi connectivity index (χ2n) is 6.41. The largest absolute Gasteiger partial charge is 0.369 e. The van der Waals surface area contributed by atoms with Gasteiger partial charge in [-0.05, 0) is 17.5 Å². The monoisotopic (exact) mass is 276 g/mol. The molecule has 0 radical (unpaired) electrons. The number of carbonyl (C=O) groups is 1. The minimum absolute atomic E-state index is 0.203. The van der Waals surface area contributed by atoms with Crippen molar-refractivity contribution in [1.29, 1.82) is 0 Å². The van der Waals surface area contributed by atoms with E-state index in [1.54, 1.807) is 0 Å². The van der Waals surface area contributed by atoms with Crippen LogP contribution in [-0.2, 0) is 14.9 Å². The Morgan fingerprint density at radius 2 is 1.48 bits per heavy atom. The summed E-state index contributed by atoms with van der Waals surface area (Å²) in [5, 5.41) is 0. The number of epoxide rings is 1. The summed E-state index contributed by atoms with van der Waals surface area (Å²) in [4.78, 5) is 13.1. The van der Waals surface area contributed by atoms with Crippen LogP contribution in [-0.4, -0.2) is 18.0 Å². The number of fused-ring (bicyclic) bond motifs is 3. The molecule has 21 heavy (non-hydrogen) atoms. The lowest BCUT2D eigenvalue weighted by Crippen LogP contribution is -2.61. The predicted molar refractivity (Wildman–Crippen MR) is 78.9 cm³/mol. The van der Waals surface area contributed by atoms with Crippen LogP contribution in [0.25, 0.3) is 0 Å². The lowest BCUT2D eigenvalue weighted by Gasteiger charge is -2.52. The van der Waals surface area contributed by atoms with E-state index in [1.807, 2.05) is 36.4 Å². The van der Waals surface area contributed by atoms with Gasteiger partial charge in [0, 0.05) is 11.8 Å². The fourth-order valence-corrected chi connectivity index (χ4v) is 4.70. The van der Waals surface area contributed by atoms with Crippen LogP contribution < -0.4 is 0 Å². The highest BCUT2D eigenvalue weighted by molar-refractivity contribution is 6.03. The molecular weight excluding hydrogens is 260 g/mol. The third kappa shape index (κ3) is 1.29. The van der Waals surface area contributed by atoms with E-state index in [4.69, 9.17) is 4.74 Å². The molecule has 1 heterocycles. The Morgan fingerprint density at radius 3 is 2.05 bits per heavy atom. The maximum atomic E-state index is 13.1. The summed E-state index contributed by atoms with van der Waals surface area (Å²) in [6.07, 6.45) is 1.54. The van der Waals surface area contributed by atoms with E-state index >= 15 is 0 Å². The van der Waals surface area contributed by atoms with Gasteiger partial charge >= 0.3 is 0 Å². The molecular formula is C19H16O2. The van der Waals surface area contributed by atoms with E-state index in [9.17, 15) is 4.79 Å². The number of benzene rings is 2. The Hall–Kier alpha value is -1.93. The molecule has 0 spiro atoms. The van der Waals surface area contributed by atoms with Gasteiger partial charge in [0.25, 0.3) is 0 Å². The first-order chi connectivity index (χ1) is 10.3. The van der Waals surface area contributed by atoms with Crippen molar-refractivity contribution < 1.29 is 9.53 Å². The van der Waals surface area contributed by atoms with Crippen molar-refractivity contribution in [3.05, 3.63) is 71.8 Å². The van der Waals surface area contributed by atoms with Gasteiger partial charge in [-0.1, -0.05) is 60.7 Å². The molecule has 2 aromatic carbocycles. The number of Topliss-reactive ketones (excluding diaryl/α,β-unsaturated/α-hetero) is 1. The van der Waals surface area contributed by atoms with Gasteiger partial charge in [0.05, 0.1) is 17.6 Å². The summed E-state index contributed by atoms with van der Waals surface area (Å²) in [6, 6.07) is 20.5. The maximum absolute atomic E-state index is 13.1. The molecule has 2 aliphatic carbocycles. The number of ketones is 1. The topological polar surface area (TPSA) is 29.6 Å². The number of ether oxygens (including phenoxy) is 1. The third-order valence-corrected chi connectivity index (χ3v) is 5.58. The first-order valence-electron chi connectivity index (χ1n) is 7.64. The van der Waals surface area contributed by atoms with Crippen LogP contribution >= 0.6 is 0 Å². The van der Waals surface area contributed by atoms with E-state index in [2.05, 4.69) is 24.3 Å². The summed E-state index contributed by atoms with van der Waals surface area (Å²) in [6.45, 7) is 0. The number of rotatable bonds is 2. The summed E-state index contributed by atoms with van der Waals surface area (Å²) >= 11 is 0. The summed E-state index contributed by atoms with van der Waals surface area (Å²) in [7, 11) is 0. The first kappa shape index (κ1) is 11.7. The molecule has 0 aromatic heterocycles. The number of carbonyl (C=O) groups excluding carboxylic acids is 1. The van der Waals surface area contributed by atoms with Crippen LogP contribution in [0, 0.1) is 11.8 Å². The third-order valence-electron chi connectivity index (χ3n) is 5.58. The Morgan fingerprint density at radius 1 is 0.905 bits per heavy atom. The molecule has 5 rings (SSSR count). The second kappa shape index (κ2) is 3.83. The minimum atomic E-state index is -0.483. The van der Waals surface area contributed by atoms with Crippen molar-refractivity contribution in [2.45, 2.75) is 24.0 Å². The van der Waals surface area contributed by atoms with Gasteiger partial charge in [0.2, 0.25) is 0 Å². The molecule has 2 nitrogen and oxygen atoms in total. The summed E-state index contributed by atoms with van der Waals surface area (Å²) in [5.74, 6) is 0.912. The van der Waals surface area contributed by atoms with Gasteiger partial charge in [-0.2, -0.15) is 0 Å². The Kier molecular flexibility index (Phi) is 2.13. The highest BCUT2D eigenvalue weighted by Gasteiger charge is 2.75. The molecule has 0 unspecified atom stereocenters. The molecule has 3 fully saturated rings. The van der Waals surface area contributed by atoms with Crippen molar-refractivity contribution in [3.8, 4) is 0 Å². The molecule has 104 valence electrons. The van der Waals surface area contributed by atoms with Crippen LogP contribution in [0.5, 0.6) is 0 Å². The molecule has 2 aromatic rings. The van der Waals surface area contributed by atoms with Gasteiger partial charge < -0.3 is 4.74 Å². The van der Waals surface area contributed by atoms with Crippen LogP contribution in [0.15, 0.2) is 60.7 Å². The van der Waals surface area contributed by atoms with Gasteiger partial charge in [0.1, 0.15) is 0 Å². The Bertz CT molecular complexity index is 667. The average Bonchev–Trinajstić information content (AvgIpc) is 3.23. The lowest BCUT2D eigenvalue weighted by molar-refractivity contribution is -0.145. The highest BCUT2D eigenvalue weighted by Crippen LogP contribution is 2.65. The van der Waals surface area contributed by atoms with E-state index < -0.39 is 5.41 Å². The van der Waals surface area contributed by atoms with E-state index in [0.29, 0.717) is 17.8 Å². The zero-order valence-electron chi connectivity index (χ0n) is 11.6.